The fourth-order valence-corrected chi connectivity index (χ4v) is 6.22. The summed E-state index contributed by atoms with van der Waals surface area (Å²) in [6, 6.07) is 21.0. The molecule has 1 heterocycles. The molecule has 134 valence electrons. The molecule has 2 atom stereocenters. The zero-order valence-corrected chi connectivity index (χ0v) is 15.8. The second kappa shape index (κ2) is 7.71. The van der Waals surface area contributed by atoms with Gasteiger partial charge in [-0.05, 0) is 30.0 Å². The van der Waals surface area contributed by atoms with Crippen LogP contribution in [0.3, 0.4) is 0 Å². The summed E-state index contributed by atoms with van der Waals surface area (Å²) in [7, 11) is -2.95. The van der Waals surface area contributed by atoms with Gasteiger partial charge in [0, 0.05) is 6.04 Å². The fourth-order valence-electron chi connectivity index (χ4n) is 4.02. The lowest BCUT2D eigenvalue weighted by molar-refractivity contribution is 0.141. The molecule has 1 aliphatic heterocycles. The fraction of sp³-hybridized carbons (Fsp3) is 0.429. The van der Waals surface area contributed by atoms with E-state index in [1.54, 1.807) is 0 Å². The Morgan fingerprint density at radius 2 is 1.48 bits per heavy atom. The molecule has 25 heavy (non-hydrogen) atoms. The van der Waals surface area contributed by atoms with Crippen LogP contribution in [0.1, 0.15) is 37.4 Å². The molecule has 0 spiro atoms. The molecule has 3 nitrogen and oxygen atoms in total. The average molecular weight is 358 g/mol. The molecule has 0 aromatic heterocycles. The number of hydrogen-bond donors (Lipinski definition) is 0. The molecule has 3 rings (SSSR count). The quantitative estimate of drug-likeness (QED) is 0.786. The van der Waals surface area contributed by atoms with Crippen molar-refractivity contribution in [3.63, 3.8) is 0 Å². The molecule has 0 aliphatic carbocycles. The first-order valence-corrected chi connectivity index (χ1v) is 10.9. The Labute approximate surface area is 151 Å². The first kappa shape index (κ1) is 18.2. The maximum atomic E-state index is 12.2. The minimum Gasteiger partial charge on any atom is -0.288 e. The highest BCUT2D eigenvalue weighted by Crippen LogP contribution is 2.35. The van der Waals surface area contributed by atoms with Gasteiger partial charge in [-0.3, -0.25) is 4.90 Å². The molecule has 2 aromatic rings. The van der Waals surface area contributed by atoms with E-state index in [9.17, 15) is 8.42 Å². The Kier molecular flexibility index (Phi) is 5.60. The molecule has 1 saturated heterocycles. The molecule has 1 aliphatic rings. The number of benzene rings is 2. The molecule has 2 aromatic carbocycles. The summed E-state index contributed by atoms with van der Waals surface area (Å²) >= 11 is 0. The SMILES string of the molecule is CCCN(C(c1ccccc1)c1ccccc1)C1CS(=O)(=O)CC1C. The van der Waals surface area contributed by atoms with Crippen LogP contribution in [-0.4, -0.2) is 37.4 Å². The van der Waals surface area contributed by atoms with Gasteiger partial charge < -0.3 is 0 Å². The summed E-state index contributed by atoms with van der Waals surface area (Å²) in [6.45, 7) is 5.12. The highest BCUT2D eigenvalue weighted by Gasteiger charge is 2.41. The van der Waals surface area contributed by atoms with Crippen LogP contribution in [0.15, 0.2) is 60.7 Å². The smallest absolute Gasteiger partial charge is 0.152 e. The van der Waals surface area contributed by atoms with Crippen LogP contribution >= 0.6 is 0 Å². The van der Waals surface area contributed by atoms with Crippen molar-refractivity contribution in [2.45, 2.75) is 32.4 Å². The van der Waals surface area contributed by atoms with E-state index in [0.717, 1.165) is 13.0 Å². The summed E-state index contributed by atoms with van der Waals surface area (Å²) in [5, 5.41) is 0. The minimum absolute atomic E-state index is 0.0652. The van der Waals surface area contributed by atoms with Gasteiger partial charge in [-0.2, -0.15) is 0 Å². The Bertz CT molecular complexity index is 735. The molecular weight excluding hydrogens is 330 g/mol. The second-order valence-electron chi connectivity index (χ2n) is 7.08. The summed E-state index contributed by atoms with van der Waals surface area (Å²) < 4.78 is 24.5. The lowest BCUT2D eigenvalue weighted by atomic mass is 9.93. The zero-order valence-electron chi connectivity index (χ0n) is 15.0. The topological polar surface area (TPSA) is 37.4 Å². The minimum atomic E-state index is -2.95. The predicted molar refractivity (Wildman–Crippen MR) is 103 cm³/mol. The van der Waals surface area contributed by atoms with Crippen LogP contribution < -0.4 is 0 Å². The number of rotatable bonds is 6. The molecule has 2 unspecified atom stereocenters. The number of hydrogen-bond acceptors (Lipinski definition) is 3. The van der Waals surface area contributed by atoms with Gasteiger partial charge in [0.15, 0.2) is 9.84 Å². The highest BCUT2D eigenvalue weighted by atomic mass is 32.2. The zero-order chi connectivity index (χ0) is 17.9. The summed E-state index contributed by atoms with van der Waals surface area (Å²) in [5.74, 6) is 0.727. The highest BCUT2D eigenvalue weighted by molar-refractivity contribution is 7.91. The van der Waals surface area contributed by atoms with Gasteiger partial charge in [0.2, 0.25) is 0 Å². The van der Waals surface area contributed by atoms with Gasteiger partial charge in [0.05, 0.1) is 17.5 Å². The summed E-state index contributed by atoms with van der Waals surface area (Å²) in [4.78, 5) is 2.42. The molecule has 0 N–H and O–H groups in total. The standard InChI is InChI=1S/C21H27NO2S/c1-3-14-22(20-16-25(23,24)15-17(20)2)21(18-10-6-4-7-11-18)19-12-8-5-9-13-19/h4-13,17,20-21H,3,14-16H2,1-2H3. The molecule has 0 saturated carbocycles. The Balaban J connectivity index is 2.05. The first-order chi connectivity index (χ1) is 12.0. The van der Waals surface area contributed by atoms with E-state index in [2.05, 4.69) is 67.3 Å². The van der Waals surface area contributed by atoms with E-state index in [0.29, 0.717) is 5.75 Å². The molecule has 0 amide bonds. The summed E-state index contributed by atoms with van der Waals surface area (Å²) in [6.07, 6.45) is 0.999. The van der Waals surface area contributed by atoms with Crippen LogP contribution in [0.2, 0.25) is 0 Å². The molecule has 0 bridgehead atoms. The number of sulfone groups is 1. The van der Waals surface area contributed by atoms with Crippen LogP contribution in [0.5, 0.6) is 0 Å². The lowest BCUT2D eigenvalue weighted by Gasteiger charge is -2.38. The normalized spacial score (nSPS) is 22.6. The van der Waals surface area contributed by atoms with Crippen molar-refractivity contribution in [2.75, 3.05) is 18.1 Å². The van der Waals surface area contributed by atoms with Crippen molar-refractivity contribution < 1.29 is 8.42 Å². The third-order valence-corrected chi connectivity index (χ3v) is 6.95. The van der Waals surface area contributed by atoms with Crippen molar-refractivity contribution in [1.82, 2.24) is 4.90 Å². The van der Waals surface area contributed by atoms with Gasteiger partial charge in [0.25, 0.3) is 0 Å². The van der Waals surface area contributed by atoms with E-state index in [1.165, 1.54) is 11.1 Å². The van der Waals surface area contributed by atoms with Crippen LogP contribution in [0, 0.1) is 5.92 Å². The van der Waals surface area contributed by atoms with E-state index in [1.807, 2.05) is 12.1 Å². The molecule has 0 radical (unpaired) electrons. The van der Waals surface area contributed by atoms with Crippen LogP contribution in [0.25, 0.3) is 0 Å². The third kappa shape index (κ3) is 4.13. The van der Waals surface area contributed by atoms with Crippen molar-refractivity contribution in [2.24, 2.45) is 5.92 Å². The average Bonchev–Trinajstić information content (AvgIpc) is 2.89. The Hall–Kier alpha value is -1.65. The second-order valence-corrected chi connectivity index (χ2v) is 9.24. The summed E-state index contributed by atoms with van der Waals surface area (Å²) in [5.41, 5.74) is 2.44. The first-order valence-electron chi connectivity index (χ1n) is 9.08. The van der Waals surface area contributed by atoms with Crippen molar-refractivity contribution >= 4 is 9.84 Å². The van der Waals surface area contributed by atoms with Gasteiger partial charge in [-0.25, -0.2) is 8.42 Å². The molecule has 1 fully saturated rings. The maximum Gasteiger partial charge on any atom is 0.152 e. The van der Waals surface area contributed by atoms with Crippen molar-refractivity contribution in [3.8, 4) is 0 Å². The van der Waals surface area contributed by atoms with Gasteiger partial charge in [-0.15, -0.1) is 0 Å². The van der Waals surface area contributed by atoms with E-state index >= 15 is 0 Å². The Morgan fingerprint density at radius 3 is 1.88 bits per heavy atom. The monoisotopic (exact) mass is 357 g/mol. The largest absolute Gasteiger partial charge is 0.288 e. The van der Waals surface area contributed by atoms with Crippen molar-refractivity contribution in [1.29, 1.82) is 0 Å². The molecular formula is C21H27NO2S. The van der Waals surface area contributed by atoms with E-state index in [4.69, 9.17) is 0 Å². The Morgan fingerprint density at radius 1 is 0.960 bits per heavy atom. The van der Waals surface area contributed by atoms with Crippen LogP contribution in [0.4, 0.5) is 0 Å². The lowest BCUT2D eigenvalue weighted by Crippen LogP contribution is -2.43. The predicted octanol–water partition coefficient (Wildman–Crippen LogP) is 3.92. The van der Waals surface area contributed by atoms with Gasteiger partial charge in [-0.1, -0.05) is 74.5 Å². The molecule has 4 heteroatoms. The van der Waals surface area contributed by atoms with E-state index in [-0.39, 0.29) is 23.8 Å². The van der Waals surface area contributed by atoms with Gasteiger partial charge >= 0.3 is 0 Å². The van der Waals surface area contributed by atoms with Crippen molar-refractivity contribution in [3.05, 3.63) is 71.8 Å². The third-order valence-electron chi connectivity index (χ3n) is 5.07. The maximum absolute atomic E-state index is 12.2. The van der Waals surface area contributed by atoms with Crippen LogP contribution in [-0.2, 0) is 9.84 Å². The van der Waals surface area contributed by atoms with E-state index < -0.39 is 9.84 Å². The van der Waals surface area contributed by atoms with Gasteiger partial charge in [0.1, 0.15) is 0 Å². The number of nitrogens with zero attached hydrogens (tertiary/aromatic N) is 1.